The first-order valence-corrected chi connectivity index (χ1v) is 6.26. The van der Waals surface area contributed by atoms with Gasteiger partial charge in [-0.3, -0.25) is 4.79 Å². The molecule has 0 aromatic carbocycles. The molecule has 20 heavy (non-hydrogen) atoms. The minimum absolute atomic E-state index is 0.0273. The fourth-order valence-electron chi connectivity index (χ4n) is 2.30. The van der Waals surface area contributed by atoms with Gasteiger partial charge in [0.05, 0.1) is 17.8 Å². The van der Waals surface area contributed by atoms with Crippen LogP contribution < -0.4 is 11.5 Å². The van der Waals surface area contributed by atoms with Crippen LogP contribution in [0.25, 0.3) is 0 Å². The molecule has 1 aliphatic heterocycles. The molecule has 0 saturated heterocycles. The normalized spacial score (nSPS) is 22.0. The number of allylic oxidation sites excluding steroid dienone is 4. The van der Waals surface area contributed by atoms with Crippen molar-refractivity contribution >= 4 is 5.91 Å². The van der Waals surface area contributed by atoms with Crippen molar-refractivity contribution in [1.29, 1.82) is 0 Å². The van der Waals surface area contributed by atoms with E-state index in [0.717, 1.165) is 0 Å². The number of nitrogens with two attached hydrogens (primary N) is 2. The van der Waals surface area contributed by atoms with Crippen LogP contribution in [0, 0.1) is 0 Å². The predicted molar refractivity (Wildman–Crippen MR) is 68.8 cm³/mol. The first-order valence-electron chi connectivity index (χ1n) is 6.26. The lowest BCUT2D eigenvalue weighted by molar-refractivity contribution is -0.115. The van der Waals surface area contributed by atoms with Gasteiger partial charge in [0.15, 0.2) is 6.73 Å². The second kappa shape index (κ2) is 4.81. The summed E-state index contributed by atoms with van der Waals surface area (Å²) in [7, 11) is 0. The molecule has 0 fully saturated rings. The van der Waals surface area contributed by atoms with Crippen LogP contribution in [-0.4, -0.2) is 23.5 Å². The summed E-state index contributed by atoms with van der Waals surface area (Å²) >= 11 is 0. The number of halogens is 2. The van der Waals surface area contributed by atoms with E-state index in [2.05, 4.69) is 0 Å². The minimum atomic E-state index is -2.99. The monoisotopic (exact) mass is 285 g/mol. The molecule has 0 aromatic rings. The Kier molecular flexibility index (Phi) is 3.45. The third kappa shape index (κ3) is 2.23. The van der Waals surface area contributed by atoms with Gasteiger partial charge in [-0.2, -0.15) is 0 Å². The van der Waals surface area contributed by atoms with E-state index in [9.17, 15) is 13.6 Å². The average Bonchev–Trinajstić information content (AvgIpc) is 2.77. The molecule has 1 amide bonds. The number of amides is 1. The molecule has 0 spiro atoms. The molecule has 0 saturated carbocycles. The van der Waals surface area contributed by atoms with Crippen molar-refractivity contribution in [2.45, 2.75) is 32.6 Å². The van der Waals surface area contributed by atoms with Gasteiger partial charge in [0, 0.05) is 6.42 Å². The van der Waals surface area contributed by atoms with Crippen molar-refractivity contribution in [2.24, 2.45) is 11.5 Å². The Morgan fingerprint density at radius 2 is 2.20 bits per heavy atom. The molecule has 110 valence electrons. The van der Waals surface area contributed by atoms with Gasteiger partial charge in [-0.15, -0.1) is 0 Å². The molecule has 7 heteroatoms. The van der Waals surface area contributed by atoms with Crippen LogP contribution in [0.15, 0.2) is 34.5 Å². The maximum Gasteiger partial charge on any atom is 0.274 e. The lowest BCUT2D eigenvalue weighted by Crippen LogP contribution is -2.35. The highest BCUT2D eigenvalue weighted by atomic mass is 19.3. The molecule has 1 heterocycles. The highest BCUT2D eigenvalue weighted by Crippen LogP contribution is 2.40. The van der Waals surface area contributed by atoms with Gasteiger partial charge < -0.3 is 21.1 Å². The largest absolute Gasteiger partial charge is 0.475 e. The fourth-order valence-corrected chi connectivity index (χ4v) is 2.30. The fraction of sp³-hybridized carbons (Fsp3) is 0.462. The number of nitrogens with zero attached hydrogens (tertiary/aromatic N) is 1. The van der Waals surface area contributed by atoms with Crippen molar-refractivity contribution in [3.8, 4) is 0 Å². The Morgan fingerprint density at radius 1 is 1.55 bits per heavy atom. The van der Waals surface area contributed by atoms with E-state index in [0.29, 0.717) is 12.2 Å². The zero-order chi connectivity index (χ0) is 15.1. The van der Waals surface area contributed by atoms with Gasteiger partial charge in [-0.25, -0.2) is 8.78 Å². The summed E-state index contributed by atoms with van der Waals surface area (Å²) in [6, 6.07) is 0. The quantitative estimate of drug-likeness (QED) is 0.824. The predicted octanol–water partition coefficient (Wildman–Crippen LogP) is 1.54. The number of carbonyl (C=O) groups excluding carboxylic acids is 1. The number of ether oxygens (including phenoxy) is 1. The van der Waals surface area contributed by atoms with Crippen LogP contribution in [0.3, 0.4) is 0 Å². The molecule has 2 rings (SSSR count). The van der Waals surface area contributed by atoms with Gasteiger partial charge in [0.2, 0.25) is 0 Å². The van der Waals surface area contributed by atoms with Gasteiger partial charge in [-0.05, 0) is 18.6 Å². The summed E-state index contributed by atoms with van der Waals surface area (Å²) < 4.78 is 33.0. The van der Waals surface area contributed by atoms with Crippen molar-refractivity contribution in [2.75, 3.05) is 6.73 Å². The van der Waals surface area contributed by atoms with Gasteiger partial charge in [0.1, 0.15) is 11.5 Å². The van der Waals surface area contributed by atoms with Crippen molar-refractivity contribution in [3.63, 3.8) is 0 Å². The van der Waals surface area contributed by atoms with Crippen molar-refractivity contribution < 1.29 is 18.3 Å². The van der Waals surface area contributed by atoms with Crippen LogP contribution in [0.4, 0.5) is 8.78 Å². The topological polar surface area (TPSA) is 81.6 Å². The molecule has 4 N–H and O–H groups in total. The lowest BCUT2D eigenvalue weighted by atomic mass is 9.96. The number of rotatable bonds is 3. The van der Waals surface area contributed by atoms with Crippen LogP contribution in [-0.2, 0) is 9.53 Å². The highest BCUT2D eigenvalue weighted by Gasteiger charge is 2.41. The Balaban J connectivity index is 2.44. The average molecular weight is 285 g/mol. The van der Waals surface area contributed by atoms with Crippen LogP contribution in [0.2, 0.25) is 0 Å². The van der Waals surface area contributed by atoms with Gasteiger partial charge >= 0.3 is 0 Å². The molecular formula is C13H17F2N3O2. The number of alkyl halides is 2. The molecule has 0 bridgehead atoms. The summed E-state index contributed by atoms with van der Waals surface area (Å²) in [5.74, 6) is -3.31. The number of hydrogen-bond acceptors (Lipinski definition) is 4. The first-order chi connectivity index (χ1) is 9.27. The Bertz CT molecular complexity index is 550. The molecule has 0 atom stereocenters. The van der Waals surface area contributed by atoms with E-state index < -0.39 is 18.3 Å². The zero-order valence-electron chi connectivity index (χ0n) is 11.4. The van der Waals surface area contributed by atoms with E-state index in [-0.39, 0.29) is 29.4 Å². The third-order valence-electron chi connectivity index (χ3n) is 3.45. The first kappa shape index (κ1) is 14.4. The van der Waals surface area contributed by atoms with E-state index in [1.165, 1.54) is 17.9 Å². The molecule has 0 aromatic heterocycles. The molecule has 1 aliphatic carbocycles. The van der Waals surface area contributed by atoms with E-state index in [4.69, 9.17) is 16.2 Å². The highest BCUT2D eigenvalue weighted by molar-refractivity contribution is 5.92. The second-order valence-corrected chi connectivity index (χ2v) is 4.80. The summed E-state index contributed by atoms with van der Waals surface area (Å²) in [4.78, 5) is 12.9. The SMILES string of the molecule is CCC1=C(C(N)=O)N(C2=C(N)C=C(C)C(F)(F)C2)CO1. The van der Waals surface area contributed by atoms with Gasteiger partial charge in [-0.1, -0.05) is 6.92 Å². The maximum absolute atomic E-state index is 13.8. The molecule has 0 radical (unpaired) electrons. The smallest absolute Gasteiger partial charge is 0.274 e. The summed E-state index contributed by atoms with van der Waals surface area (Å²) in [6.45, 7) is 3.09. The summed E-state index contributed by atoms with van der Waals surface area (Å²) in [5, 5.41) is 0. The number of primary amides is 1. The van der Waals surface area contributed by atoms with E-state index >= 15 is 0 Å². The molecule has 0 unspecified atom stereocenters. The Hall–Kier alpha value is -2.05. The van der Waals surface area contributed by atoms with Crippen LogP contribution in [0.1, 0.15) is 26.7 Å². The molecule has 5 nitrogen and oxygen atoms in total. The standard InChI is InChI=1S/C13H17F2N3O2/c1-3-10-11(12(17)19)18(6-20-10)9-5-13(14,15)7(2)4-8(9)16/h4H,3,5-6,16H2,1-2H3,(H2,17,19). The second-order valence-electron chi connectivity index (χ2n) is 4.80. The number of carbonyl (C=O) groups is 1. The lowest BCUT2D eigenvalue weighted by Gasteiger charge is -2.30. The zero-order valence-corrected chi connectivity index (χ0v) is 11.4. The van der Waals surface area contributed by atoms with Crippen molar-refractivity contribution in [3.05, 3.63) is 34.5 Å². The molecule has 2 aliphatic rings. The summed E-state index contributed by atoms with van der Waals surface area (Å²) in [6.07, 6.45) is 1.10. The van der Waals surface area contributed by atoms with Crippen LogP contribution in [0.5, 0.6) is 0 Å². The molecular weight excluding hydrogens is 268 g/mol. The van der Waals surface area contributed by atoms with E-state index in [1.807, 2.05) is 0 Å². The van der Waals surface area contributed by atoms with Crippen molar-refractivity contribution in [1.82, 2.24) is 4.90 Å². The maximum atomic E-state index is 13.8. The number of hydrogen-bond donors (Lipinski definition) is 2. The minimum Gasteiger partial charge on any atom is -0.475 e. The Morgan fingerprint density at radius 3 is 2.75 bits per heavy atom. The Labute approximate surface area is 115 Å². The summed E-state index contributed by atoms with van der Waals surface area (Å²) in [5.41, 5.74) is 11.5. The van der Waals surface area contributed by atoms with E-state index in [1.54, 1.807) is 6.92 Å². The van der Waals surface area contributed by atoms with Crippen LogP contribution >= 0.6 is 0 Å². The third-order valence-corrected chi connectivity index (χ3v) is 3.45. The van der Waals surface area contributed by atoms with Gasteiger partial charge in [0.25, 0.3) is 11.8 Å².